The first-order valence-corrected chi connectivity index (χ1v) is 11.0. The number of anilines is 1. The van der Waals surface area contributed by atoms with Gasteiger partial charge in [0, 0.05) is 33.7 Å². The molecule has 4 rings (SSSR count). The highest BCUT2D eigenvalue weighted by Gasteiger charge is 2.32. The van der Waals surface area contributed by atoms with E-state index in [1.165, 1.54) is 0 Å². The van der Waals surface area contributed by atoms with E-state index in [2.05, 4.69) is 16.0 Å². The number of rotatable bonds is 4. The van der Waals surface area contributed by atoms with Gasteiger partial charge >= 0.3 is 0 Å². The number of piperidine rings is 1. The van der Waals surface area contributed by atoms with Crippen LogP contribution < -0.4 is 31.7 Å². The topological polar surface area (TPSA) is 203 Å². The molecule has 2 aliphatic rings. The lowest BCUT2D eigenvalue weighted by molar-refractivity contribution is -0.326. The van der Waals surface area contributed by atoms with Gasteiger partial charge in [-0.1, -0.05) is 6.07 Å². The molecule has 172 valence electrons. The molecular weight excluding hydrogens is 435 g/mol. The molecule has 0 atom stereocenters. The Kier molecular flexibility index (Phi) is 7.62. The molecule has 1 saturated heterocycles. The van der Waals surface area contributed by atoms with Crippen LogP contribution in [0.3, 0.4) is 0 Å². The van der Waals surface area contributed by atoms with Gasteiger partial charge in [-0.2, -0.15) is 5.26 Å². The van der Waals surface area contributed by atoms with Crippen molar-refractivity contribution in [3.63, 3.8) is 0 Å². The van der Waals surface area contributed by atoms with Gasteiger partial charge in [0.25, 0.3) is 5.91 Å². The lowest BCUT2D eigenvalue weighted by Gasteiger charge is -2.38. The van der Waals surface area contributed by atoms with E-state index < -0.39 is 13.7 Å². The van der Waals surface area contributed by atoms with E-state index in [0.29, 0.717) is 40.6 Å². The van der Waals surface area contributed by atoms with Gasteiger partial charge in [0.1, 0.15) is 17.7 Å². The zero-order valence-corrected chi connectivity index (χ0v) is 18.6. The normalized spacial score (nSPS) is 16.0. The number of nitrogens with zero attached hydrogens (tertiary/aromatic N) is 4. The van der Waals surface area contributed by atoms with Gasteiger partial charge in [-0.25, -0.2) is 4.98 Å². The van der Waals surface area contributed by atoms with Crippen molar-refractivity contribution in [3.8, 4) is 11.8 Å². The summed E-state index contributed by atoms with van der Waals surface area (Å²) in [4.78, 5) is 41.4. The van der Waals surface area contributed by atoms with E-state index in [-0.39, 0.29) is 30.5 Å². The van der Waals surface area contributed by atoms with Crippen molar-refractivity contribution in [1.82, 2.24) is 22.0 Å². The minimum absolute atomic E-state index is 0. The predicted octanol–water partition coefficient (Wildman–Crippen LogP) is 1.42. The average molecular weight is 460 g/mol. The summed E-state index contributed by atoms with van der Waals surface area (Å²) in [7, 11) is -5.17. The van der Waals surface area contributed by atoms with Crippen LogP contribution in [-0.2, 0) is 11.1 Å². The first-order chi connectivity index (χ1) is 14.3. The fraction of sp³-hybridized carbons (Fsp3) is 0.350. The van der Waals surface area contributed by atoms with Crippen molar-refractivity contribution in [1.29, 1.82) is 5.26 Å². The summed E-state index contributed by atoms with van der Waals surface area (Å²) in [6.45, 7) is 2.84. The molecule has 1 aromatic heterocycles. The predicted molar refractivity (Wildman–Crippen MR) is 114 cm³/mol. The molecule has 0 radical (unpaired) electrons. The van der Waals surface area contributed by atoms with Gasteiger partial charge in [0.15, 0.2) is 0 Å². The van der Waals surface area contributed by atoms with Crippen molar-refractivity contribution in [2.75, 3.05) is 18.0 Å². The number of aryl methyl sites for hydroxylation is 1. The summed E-state index contributed by atoms with van der Waals surface area (Å²) in [6, 6.07) is 10.7. The van der Waals surface area contributed by atoms with Crippen LogP contribution in [0.25, 0.3) is 0 Å². The Hall–Kier alpha value is -3.00. The Morgan fingerprint density at radius 3 is 2.53 bits per heavy atom. The quantitative estimate of drug-likeness (QED) is 0.628. The number of nitriles is 1. The molecule has 3 heterocycles. The molecule has 0 saturated carbocycles. The van der Waals surface area contributed by atoms with Crippen LogP contribution in [0, 0.1) is 18.3 Å². The first kappa shape index (κ1) is 25.3. The van der Waals surface area contributed by atoms with Gasteiger partial charge in [0.05, 0.1) is 29.4 Å². The number of amides is 1. The third kappa shape index (κ3) is 4.91. The summed E-state index contributed by atoms with van der Waals surface area (Å²) in [5, 5.41) is 9.01. The number of pyridine rings is 1. The van der Waals surface area contributed by atoms with E-state index >= 15 is 0 Å². The minimum atomic E-state index is -5.17. The third-order valence-electron chi connectivity index (χ3n) is 5.33. The van der Waals surface area contributed by atoms with E-state index in [9.17, 15) is 19.1 Å². The third-order valence-corrected chi connectivity index (χ3v) is 6.25. The summed E-state index contributed by atoms with van der Waals surface area (Å²) >= 11 is 0. The smallest absolute Gasteiger partial charge is 0.259 e. The van der Waals surface area contributed by atoms with Crippen LogP contribution in [0.2, 0.25) is 0 Å². The SMILES string of the molecule is Cc1cc2c(nc1N1CCC(Oc3cccc(C#N)c3)CC1)CN(P(=O)([O-])[O-])C2=O.N.N. The number of carbonyl (C=O) groups excluding carboxylic acids is 1. The maximum absolute atomic E-state index is 12.2. The Morgan fingerprint density at radius 2 is 1.91 bits per heavy atom. The van der Waals surface area contributed by atoms with Crippen LogP contribution in [0.4, 0.5) is 5.82 Å². The summed E-state index contributed by atoms with van der Waals surface area (Å²) in [6.07, 6.45) is 1.50. The molecule has 12 heteroatoms. The van der Waals surface area contributed by atoms with Gasteiger partial charge in [-0.05, 0) is 36.8 Å². The second-order valence-electron chi connectivity index (χ2n) is 7.40. The second-order valence-corrected chi connectivity index (χ2v) is 8.82. The number of hydrogen-bond acceptors (Lipinski definition) is 10. The van der Waals surface area contributed by atoms with Crippen LogP contribution in [-0.4, -0.2) is 34.8 Å². The van der Waals surface area contributed by atoms with Crippen LogP contribution in [0.15, 0.2) is 30.3 Å². The lowest BCUT2D eigenvalue weighted by Crippen LogP contribution is -2.39. The molecule has 1 fully saturated rings. The number of benzene rings is 1. The van der Waals surface area contributed by atoms with Crippen LogP contribution in [0.5, 0.6) is 5.75 Å². The van der Waals surface area contributed by atoms with Gasteiger partial charge in [-0.15, -0.1) is 0 Å². The molecule has 0 aliphatic carbocycles. The Bertz CT molecular complexity index is 1090. The standard InChI is InChI=1S/C20H21N4O5P.2H3N/c1-13-9-17-18(12-24(20(17)25)30(26,27)28)22-19(13)23-7-5-15(6-8-23)29-16-4-2-3-14(10-16)11-21;;/h2-4,9-10,15H,5-8,12H2,1H3,(H2,26,27,28);2*1H3/p-2. The molecule has 0 bridgehead atoms. The number of aromatic nitrogens is 1. The number of fused-ring (bicyclic) bond motifs is 1. The molecule has 2 aliphatic heterocycles. The molecule has 0 unspecified atom stereocenters. The lowest BCUT2D eigenvalue weighted by atomic mass is 10.1. The van der Waals surface area contributed by atoms with E-state index in [1.54, 1.807) is 24.3 Å². The Balaban J connectivity index is 0.00000181. The van der Waals surface area contributed by atoms with E-state index in [4.69, 9.17) is 10.00 Å². The molecule has 11 nitrogen and oxygen atoms in total. The first-order valence-electron chi connectivity index (χ1n) is 9.53. The largest absolute Gasteiger partial charge is 0.795 e. The zero-order chi connectivity index (χ0) is 21.5. The van der Waals surface area contributed by atoms with Gasteiger partial charge in [-0.3, -0.25) is 4.79 Å². The molecule has 2 aromatic rings. The number of hydrogen-bond donors (Lipinski definition) is 2. The number of ether oxygens (including phenoxy) is 1. The molecule has 1 aromatic carbocycles. The minimum Gasteiger partial charge on any atom is -0.795 e. The monoisotopic (exact) mass is 460 g/mol. The van der Waals surface area contributed by atoms with Crippen molar-refractivity contribution in [2.45, 2.75) is 32.4 Å². The van der Waals surface area contributed by atoms with E-state index in [1.807, 2.05) is 13.0 Å². The summed E-state index contributed by atoms with van der Waals surface area (Å²) in [5.41, 5.74) is 1.77. The van der Waals surface area contributed by atoms with Crippen LogP contribution >= 0.6 is 7.75 Å². The van der Waals surface area contributed by atoms with Crippen molar-refractivity contribution >= 4 is 19.5 Å². The average Bonchev–Trinajstić information content (AvgIpc) is 3.04. The van der Waals surface area contributed by atoms with E-state index in [0.717, 1.165) is 18.4 Å². The van der Waals surface area contributed by atoms with Crippen molar-refractivity contribution in [2.24, 2.45) is 0 Å². The summed E-state index contributed by atoms with van der Waals surface area (Å²) < 4.78 is 17.7. The maximum atomic E-state index is 12.2. The maximum Gasteiger partial charge on any atom is 0.259 e. The van der Waals surface area contributed by atoms with Gasteiger partial charge < -0.3 is 41.0 Å². The van der Waals surface area contributed by atoms with Crippen LogP contribution in [0.1, 0.15) is 40.0 Å². The highest BCUT2D eigenvalue weighted by atomic mass is 31.2. The highest BCUT2D eigenvalue weighted by molar-refractivity contribution is 7.47. The fourth-order valence-electron chi connectivity index (χ4n) is 3.83. The zero-order valence-electron chi connectivity index (χ0n) is 17.7. The Labute approximate surface area is 186 Å². The molecular formula is C20H25N6O5P-2. The Morgan fingerprint density at radius 1 is 1.22 bits per heavy atom. The molecule has 0 spiro atoms. The second kappa shape index (κ2) is 9.65. The fourth-order valence-corrected chi connectivity index (χ4v) is 4.47. The van der Waals surface area contributed by atoms with Gasteiger partial charge in [0.2, 0.25) is 0 Å². The van der Waals surface area contributed by atoms with Crippen molar-refractivity contribution in [3.05, 3.63) is 52.7 Å². The number of carbonyl (C=O) groups is 1. The molecule has 1 amide bonds. The molecule has 6 N–H and O–H groups in total. The van der Waals surface area contributed by atoms with Crippen molar-refractivity contribution < 1.29 is 23.9 Å². The molecule has 32 heavy (non-hydrogen) atoms. The summed E-state index contributed by atoms with van der Waals surface area (Å²) in [5.74, 6) is 0.532. The highest BCUT2D eigenvalue weighted by Crippen LogP contribution is 2.40.